The second-order valence-electron chi connectivity index (χ2n) is 3.51. The maximum atomic E-state index is 11.9. The van der Waals surface area contributed by atoms with E-state index in [-0.39, 0.29) is 17.3 Å². The van der Waals surface area contributed by atoms with E-state index in [1.165, 1.54) is 10.9 Å². The molecule has 9 heteroatoms. The number of nitrogens with two attached hydrogens (primary N) is 1. The zero-order chi connectivity index (χ0) is 13.8. The Morgan fingerprint density at radius 2 is 2.17 bits per heavy atom. The number of nitrogens with one attached hydrogen (secondary N) is 2. The number of likely N-dealkylation sites (N-methyl/N-ethyl adjacent to an activating group) is 1. The molecule has 0 atom stereocenters. The first-order valence-corrected chi connectivity index (χ1v) is 6.98. The molecule has 102 valence electrons. The summed E-state index contributed by atoms with van der Waals surface area (Å²) in [6.07, 6.45) is 1.33. The normalized spacial score (nSPS) is 11.4. The van der Waals surface area contributed by atoms with Gasteiger partial charge in [-0.05, 0) is 13.8 Å². The van der Waals surface area contributed by atoms with Gasteiger partial charge in [0.2, 0.25) is 15.9 Å². The minimum atomic E-state index is -3.81. The van der Waals surface area contributed by atoms with Crippen molar-refractivity contribution >= 4 is 21.7 Å². The summed E-state index contributed by atoms with van der Waals surface area (Å²) in [5.74, 6) is -0.484. The Hall–Kier alpha value is -1.61. The van der Waals surface area contributed by atoms with Crippen molar-refractivity contribution < 1.29 is 13.2 Å². The van der Waals surface area contributed by atoms with Crippen LogP contribution in [-0.4, -0.2) is 37.2 Å². The molecule has 0 aromatic carbocycles. The summed E-state index contributed by atoms with van der Waals surface area (Å²) in [7, 11) is -3.81. The number of aryl methyl sites for hydroxylation is 1. The molecular weight excluding hydrogens is 258 g/mol. The number of hydrogen-bond acceptors (Lipinski definition) is 5. The molecule has 1 aromatic heterocycles. The molecule has 0 saturated carbocycles. The zero-order valence-corrected chi connectivity index (χ0v) is 11.1. The lowest BCUT2D eigenvalue weighted by molar-refractivity contribution is -0.119. The third-order valence-electron chi connectivity index (χ3n) is 2.17. The summed E-state index contributed by atoms with van der Waals surface area (Å²) in [6.45, 7) is 4.18. The number of aromatic nitrogens is 2. The number of sulfonamides is 1. The van der Waals surface area contributed by atoms with Gasteiger partial charge in [0, 0.05) is 19.3 Å². The molecule has 4 N–H and O–H groups in total. The lowest BCUT2D eigenvalue weighted by atomic mass is 10.6. The van der Waals surface area contributed by atoms with Gasteiger partial charge in [0.1, 0.15) is 4.90 Å². The topological polar surface area (TPSA) is 119 Å². The Morgan fingerprint density at radius 3 is 2.67 bits per heavy atom. The average molecular weight is 275 g/mol. The molecule has 0 saturated heterocycles. The number of hydrogen-bond donors (Lipinski definition) is 3. The first-order valence-electron chi connectivity index (χ1n) is 5.50. The van der Waals surface area contributed by atoms with Gasteiger partial charge in [-0.15, -0.1) is 0 Å². The van der Waals surface area contributed by atoms with Gasteiger partial charge in [0.15, 0.2) is 5.82 Å². The van der Waals surface area contributed by atoms with E-state index < -0.39 is 15.9 Å². The highest BCUT2D eigenvalue weighted by Crippen LogP contribution is 2.15. The van der Waals surface area contributed by atoms with Crippen LogP contribution in [0.2, 0.25) is 0 Å². The van der Waals surface area contributed by atoms with E-state index in [2.05, 4.69) is 15.1 Å². The van der Waals surface area contributed by atoms with Crippen molar-refractivity contribution in [3.8, 4) is 0 Å². The average Bonchev–Trinajstić information content (AvgIpc) is 2.69. The Morgan fingerprint density at radius 1 is 1.50 bits per heavy atom. The summed E-state index contributed by atoms with van der Waals surface area (Å²) in [6, 6.07) is 0. The fraction of sp³-hybridized carbons (Fsp3) is 0.556. The second-order valence-corrected chi connectivity index (χ2v) is 5.25. The van der Waals surface area contributed by atoms with Gasteiger partial charge in [-0.1, -0.05) is 0 Å². The van der Waals surface area contributed by atoms with Gasteiger partial charge in [-0.25, -0.2) is 13.1 Å². The van der Waals surface area contributed by atoms with Gasteiger partial charge in [-0.3, -0.25) is 9.48 Å². The smallest absolute Gasteiger partial charge is 0.246 e. The van der Waals surface area contributed by atoms with Crippen LogP contribution in [0.15, 0.2) is 11.1 Å². The molecule has 0 aliphatic heterocycles. The fourth-order valence-corrected chi connectivity index (χ4v) is 2.34. The number of nitrogen functional groups attached to an aromatic ring is 1. The van der Waals surface area contributed by atoms with Crippen LogP contribution in [0.4, 0.5) is 5.82 Å². The minimum Gasteiger partial charge on any atom is -0.381 e. The summed E-state index contributed by atoms with van der Waals surface area (Å²) in [4.78, 5) is 11.1. The van der Waals surface area contributed by atoms with E-state index >= 15 is 0 Å². The van der Waals surface area contributed by atoms with E-state index in [1.807, 2.05) is 6.92 Å². The minimum absolute atomic E-state index is 0.0831. The maximum absolute atomic E-state index is 11.9. The molecule has 1 rings (SSSR count). The van der Waals surface area contributed by atoms with Crippen molar-refractivity contribution in [1.29, 1.82) is 0 Å². The predicted octanol–water partition coefficient (Wildman–Crippen LogP) is -1.10. The molecule has 1 heterocycles. The molecule has 0 spiro atoms. The van der Waals surface area contributed by atoms with Crippen molar-refractivity contribution in [1.82, 2.24) is 19.8 Å². The first kappa shape index (κ1) is 14.5. The molecule has 0 fully saturated rings. The van der Waals surface area contributed by atoms with Gasteiger partial charge < -0.3 is 11.1 Å². The quantitative estimate of drug-likeness (QED) is 0.609. The van der Waals surface area contributed by atoms with Crippen molar-refractivity contribution in [3.05, 3.63) is 6.20 Å². The Bertz CT molecular complexity index is 522. The van der Waals surface area contributed by atoms with Crippen LogP contribution >= 0.6 is 0 Å². The van der Waals surface area contributed by atoms with Crippen LogP contribution in [0.5, 0.6) is 0 Å². The second kappa shape index (κ2) is 5.83. The number of rotatable bonds is 6. The molecule has 0 aliphatic rings. The zero-order valence-electron chi connectivity index (χ0n) is 10.3. The Balaban J connectivity index is 2.80. The van der Waals surface area contributed by atoms with Gasteiger partial charge in [0.05, 0.1) is 6.54 Å². The van der Waals surface area contributed by atoms with Gasteiger partial charge in [0.25, 0.3) is 0 Å². The number of carbonyl (C=O) groups excluding carboxylic acids is 1. The number of nitrogens with zero attached hydrogens (tertiary/aromatic N) is 2. The molecule has 1 amide bonds. The molecule has 8 nitrogen and oxygen atoms in total. The number of anilines is 1. The van der Waals surface area contributed by atoms with Crippen LogP contribution in [0, 0.1) is 0 Å². The molecule has 0 aliphatic carbocycles. The monoisotopic (exact) mass is 275 g/mol. The lowest BCUT2D eigenvalue weighted by Gasteiger charge is -2.05. The summed E-state index contributed by atoms with van der Waals surface area (Å²) >= 11 is 0. The Kier molecular flexibility index (Phi) is 4.68. The van der Waals surface area contributed by atoms with E-state index in [9.17, 15) is 13.2 Å². The van der Waals surface area contributed by atoms with Crippen molar-refractivity contribution in [2.24, 2.45) is 0 Å². The number of carbonyl (C=O) groups is 1. The first-order chi connectivity index (χ1) is 8.40. The van der Waals surface area contributed by atoms with Crippen LogP contribution in [-0.2, 0) is 21.4 Å². The van der Waals surface area contributed by atoms with Crippen LogP contribution in [0.1, 0.15) is 13.8 Å². The third-order valence-corrected chi connectivity index (χ3v) is 3.58. The standard InChI is InChI=1S/C9H17N5O3S/c1-3-11-8(15)5-12-18(16,17)7-6-14(4-2)13-9(7)10/h6,12H,3-5H2,1-2H3,(H2,10,13)(H,11,15). The fourth-order valence-electron chi connectivity index (χ4n) is 1.29. The van der Waals surface area contributed by atoms with E-state index in [1.54, 1.807) is 6.92 Å². The maximum Gasteiger partial charge on any atom is 0.246 e. The highest BCUT2D eigenvalue weighted by molar-refractivity contribution is 7.89. The van der Waals surface area contributed by atoms with Crippen molar-refractivity contribution in [3.63, 3.8) is 0 Å². The summed E-state index contributed by atoms with van der Waals surface area (Å²) in [5.41, 5.74) is 5.52. The van der Waals surface area contributed by atoms with Crippen LogP contribution < -0.4 is 15.8 Å². The molecule has 18 heavy (non-hydrogen) atoms. The van der Waals surface area contributed by atoms with E-state index in [0.717, 1.165) is 0 Å². The summed E-state index contributed by atoms with van der Waals surface area (Å²) < 4.78 is 27.3. The van der Waals surface area contributed by atoms with Crippen LogP contribution in [0.3, 0.4) is 0 Å². The highest BCUT2D eigenvalue weighted by atomic mass is 32.2. The summed E-state index contributed by atoms with van der Waals surface area (Å²) in [5, 5.41) is 6.32. The lowest BCUT2D eigenvalue weighted by Crippen LogP contribution is -2.36. The van der Waals surface area contributed by atoms with Gasteiger partial charge >= 0.3 is 0 Å². The van der Waals surface area contributed by atoms with Gasteiger partial charge in [-0.2, -0.15) is 5.10 Å². The number of amides is 1. The predicted molar refractivity (Wildman–Crippen MR) is 66.2 cm³/mol. The van der Waals surface area contributed by atoms with Crippen molar-refractivity contribution in [2.45, 2.75) is 25.3 Å². The highest BCUT2D eigenvalue weighted by Gasteiger charge is 2.21. The third kappa shape index (κ3) is 3.44. The molecule has 0 radical (unpaired) electrons. The van der Waals surface area contributed by atoms with E-state index in [4.69, 9.17) is 5.73 Å². The van der Waals surface area contributed by atoms with Crippen molar-refractivity contribution in [2.75, 3.05) is 18.8 Å². The molecule has 1 aromatic rings. The van der Waals surface area contributed by atoms with Crippen LogP contribution in [0.25, 0.3) is 0 Å². The molecule has 0 bridgehead atoms. The Labute approximate surface area is 106 Å². The van der Waals surface area contributed by atoms with E-state index in [0.29, 0.717) is 13.1 Å². The molecular formula is C9H17N5O3S. The SMILES string of the molecule is CCNC(=O)CNS(=O)(=O)c1cn(CC)nc1N. The molecule has 0 unspecified atom stereocenters. The largest absolute Gasteiger partial charge is 0.381 e.